The predicted molar refractivity (Wildman–Crippen MR) is 121 cm³/mol. The van der Waals surface area contributed by atoms with Crippen molar-refractivity contribution in [3.63, 3.8) is 0 Å². The maximum atomic E-state index is 4.71. The van der Waals surface area contributed by atoms with Crippen molar-refractivity contribution >= 4 is 52.6 Å². The molecule has 0 saturated heterocycles. The first-order valence-corrected chi connectivity index (χ1v) is 9.74. The van der Waals surface area contributed by atoms with Gasteiger partial charge in [-0.05, 0) is 6.92 Å². The van der Waals surface area contributed by atoms with E-state index in [4.69, 9.17) is 4.98 Å². The van der Waals surface area contributed by atoms with E-state index in [0.717, 1.165) is 39.5 Å². The van der Waals surface area contributed by atoms with Crippen molar-refractivity contribution in [3.05, 3.63) is 57.5 Å². The summed E-state index contributed by atoms with van der Waals surface area (Å²) in [5.41, 5.74) is 3.23. The lowest BCUT2D eigenvalue weighted by Crippen LogP contribution is -2.38. The van der Waals surface area contributed by atoms with E-state index in [9.17, 15) is 0 Å². The van der Waals surface area contributed by atoms with Gasteiger partial charge in [0.25, 0.3) is 0 Å². The van der Waals surface area contributed by atoms with Gasteiger partial charge in [0.05, 0.1) is 29.5 Å². The second-order valence-electron chi connectivity index (χ2n) is 5.62. The number of halogens is 1. The summed E-state index contributed by atoms with van der Waals surface area (Å²) in [5.74, 6) is 0.833. The first-order chi connectivity index (χ1) is 12.2. The molecule has 0 spiro atoms. The number of nitrogens with zero attached hydrogens (tertiary/aromatic N) is 4. The smallest absolute Gasteiger partial charge is 0.194 e. The zero-order valence-electron chi connectivity index (χ0n) is 15.0. The van der Waals surface area contributed by atoms with Crippen LogP contribution < -0.4 is 5.32 Å². The van der Waals surface area contributed by atoms with Crippen molar-refractivity contribution in [2.24, 2.45) is 4.99 Å². The molecule has 0 aliphatic rings. The average molecular weight is 499 g/mol. The molecule has 1 aromatic carbocycles. The van der Waals surface area contributed by atoms with Gasteiger partial charge in [0.2, 0.25) is 0 Å². The lowest BCUT2D eigenvalue weighted by molar-refractivity contribution is 0.470. The summed E-state index contributed by atoms with van der Waals surface area (Å²) < 4.78 is 0. The minimum Gasteiger partial charge on any atom is -0.351 e. The van der Waals surface area contributed by atoms with Gasteiger partial charge in [0, 0.05) is 30.4 Å². The number of nitrogens with one attached hydrogen (secondary N) is 1. The Hall–Kier alpha value is -1.52. The molecule has 3 aromatic rings. The second kappa shape index (κ2) is 9.98. The molecule has 0 aliphatic carbocycles. The van der Waals surface area contributed by atoms with Gasteiger partial charge in [0.15, 0.2) is 5.96 Å². The SMILES string of the molecule is CN=C(NCc1csc(-c2ccccc2)n1)N(C)Cc1csc(C)n1.I. The highest BCUT2D eigenvalue weighted by molar-refractivity contribution is 14.0. The lowest BCUT2D eigenvalue weighted by Gasteiger charge is -2.20. The first-order valence-electron chi connectivity index (χ1n) is 7.98. The third-order valence-corrected chi connectivity index (χ3v) is 5.40. The number of aromatic nitrogens is 2. The Labute approximate surface area is 179 Å². The molecule has 0 radical (unpaired) electrons. The fourth-order valence-corrected chi connectivity index (χ4v) is 3.88. The molecule has 3 rings (SSSR count). The molecular weight excluding hydrogens is 477 g/mol. The number of aliphatic imine (C=N–C) groups is 1. The lowest BCUT2D eigenvalue weighted by atomic mass is 10.2. The van der Waals surface area contributed by atoms with Crippen molar-refractivity contribution in [3.8, 4) is 10.6 Å². The van der Waals surface area contributed by atoms with E-state index in [0.29, 0.717) is 6.54 Å². The van der Waals surface area contributed by atoms with E-state index in [1.54, 1.807) is 29.7 Å². The number of hydrogen-bond acceptors (Lipinski definition) is 5. The molecule has 0 aliphatic heterocycles. The molecule has 1 N–H and O–H groups in total. The molecule has 26 heavy (non-hydrogen) atoms. The summed E-state index contributed by atoms with van der Waals surface area (Å²) in [6.45, 7) is 3.40. The second-order valence-corrected chi connectivity index (χ2v) is 7.55. The summed E-state index contributed by atoms with van der Waals surface area (Å²) in [7, 11) is 3.81. The zero-order chi connectivity index (χ0) is 17.6. The number of thiazole rings is 2. The molecule has 138 valence electrons. The minimum atomic E-state index is 0. The largest absolute Gasteiger partial charge is 0.351 e. The molecule has 0 saturated carbocycles. The maximum Gasteiger partial charge on any atom is 0.194 e. The zero-order valence-corrected chi connectivity index (χ0v) is 18.9. The van der Waals surface area contributed by atoms with Gasteiger partial charge < -0.3 is 10.2 Å². The third-order valence-electron chi connectivity index (χ3n) is 3.64. The van der Waals surface area contributed by atoms with Crippen LogP contribution in [-0.2, 0) is 13.1 Å². The van der Waals surface area contributed by atoms with E-state index >= 15 is 0 Å². The third kappa shape index (κ3) is 5.49. The van der Waals surface area contributed by atoms with Crippen LogP contribution in [0.5, 0.6) is 0 Å². The van der Waals surface area contributed by atoms with E-state index in [-0.39, 0.29) is 24.0 Å². The summed E-state index contributed by atoms with van der Waals surface area (Å²) in [6.07, 6.45) is 0. The molecule has 8 heteroatoms. The van der Waals surface area contributed by atoms with E-state index in [1.807, 2.05) is 32.2 Å². The fourth-order valence-electron chi connectivity index (χ4n) is 2.45. The molecule has 0 fully saturated rings. The summed E-state index contributed by atoms with van der Waals surface area (Å²) in [6, 6.07) is 10.2. The Bertz CT molecular complexity index is 844. The Morgan fingerprint density at radius 3 is 2.50 bits per heavy atom. The molecule has 5 nitrogen and oxygen atoms in total. The van der Waals surface area contributed by atoms with E-state index in [2.05, 4.69) is 43.1 Å². The van der Waals surface area contributed by atoms with Gasteiger partial charge in [-0.25, -0.2) is 9.97 Å². The minimum absolute atomic E-state index is 0. The Morgan fingerprint density at radius 2 is 1.85 bits per heavy atom. The molecular formula is C18H22IN5S2. The van der Waals surface area contributed by atoms with Crippen molar-refractivity contribution < 1.29 is 0 Å². The monoisotopic (exact) mass is 499 g/mol. The topological polar surface area (TPSA) is 53.4 Å². The molecule has 0 amide bonds. The number of rotatable bonds is 5. The highest BCUT2D eigenvalue weighted by Crippen LogP contribution is 2.23. The number of guanidine groups is 1. The van der Waals surface area contributed by atoms with Gasteiger partial charge in [-0.3, -0.25) is 4.99 Å². The van der Waals surface area contributed by atoms with Crippen LogP contribution in [0.1, 0.15) is 16.4 Å². The number of aryl methyl sites for hydroxylation is 1. The molecule has 0 unspecified atom stereocenters. The fraction of sp³-hybridized carbons (Fsp3) is 0.278. The average Bonchev–Trinajstić information content (AvgIpc) is 3.25. The van der Waals surface area contributed by atoms with Gasteiger partial charge in [-0.2, -0.15) is 0 Å². The Balaban J connectivity index is 0.00000243. The van der Waals surface area contributed by atoms with Gasteiger partial charge in [0.1, 0.15) is 5.01 Å². The summed E-state index contributed by atoms with van der Waals surface area (Å²) in [4.78, 5) is 15.6. The van der Waals surface area contributed by atoms with Crippen molar-refractivity contribution in [1.29, 1.82) is 0 Å². The van der Waals surface area contributed by atoms with Crippen molar-refractivity contribution in [2.45, 2.75) is 20.0 Å². The van der Waals surface area contributed by atoms with E-state index < -0.39 is 0 Å². The van der Waals surface area contributed by atoms with Crippen LogP contribution in [0.2, 0.25) is 0 Å². The maximum absolute atomic E-state index is 4.71. The number of hydrogen-bond donors (Lipinski definition) is 1. The molecule has 2 heterocycles. The summed E-state index contributed by atoms with van der Waals surface area (Å²) >= 11 is 3.33. The van der Waals surface area contributed by atoms with Crippen LogP contribution in [0.3, 0.4) is 0 Å². The van der Waals surface area contributed by atoms with E-state index in [1.165, 1.54) is 0 Å². The van der Waals surface area contributed by atoms with Crippen LogP contribution in [0.25, 0.3) is 10.6 Å². The van der Waals surface area contributed by atoms with Crippen molar-refractivity contribution in [2.75, 3.05) is 14.1 Å². The Morgan fingerprint density at radius 1 is 1.12 bits per heavy atom. The highest BCUT2D eigenvalue weighted by Gasteiger charge is 2.10. The quantitative estimate of drug-likeness (QED) is 0.321. The molecule has 0 atom stereocenters. The first kappa shape index (κ1) is 20.8. The number of benzene rings is 1. The van der Waals surface area contributed by atoms with Crippen LogP contribution in [0.4, 0.5) is 0 Å². The standard InChI is InChI=1S/C18H21N5S2.HI/c1-13-21-16(12-24-13)10-23(3)18(19-2)20-9-15-11-25-17(22-15)14-7-5-4-6-8-14;/h4-8,11-12H,9-10H2,1-3H3,(H,19,20);1H. The van der Waals surface area contributed by atoms with Crippen LogP contribution in [0.15, 0.2) is 46.1 Å². The molecule has 0 bridgehead atoms. The van der Waals surface area contributed by atoms with Crippen LogP contribution in [-0.4, -0.2) is 34.9 Å². The Kier molecular flexibility index (Phi) is 7.98. The van der Waals surface area contributed by atoms with Gasteiger partial charge in [-0.1, -0.05) is 30.3 Å². The van der Waals surface area contributed by atoms with Crippen LogP contribution in [0, 0.1) is 6.92 Å². The highest BCUT2D eigenvalue weighted by atomic mass is 127. The normalized spacial score (nSPS) is 11.1. The van der Waals surface area contributed by atoms with Gasteiger partial charge in [-0.15, -0.1) is 46.7 Å². The summed E-state index contributed by atoms with van der Waals surface area (Å²) in [5, 5.41) is 9.68. The van der Waals surface area contributed by atoms with Crippen LogP contribution >= 0.6 is 46.7 Å². The predicted octanol–water partition coefficient (Wildman–Crippen LogP) is 4.40. The molecule has 2 aromatic heterocycles. The van der Waals surface area contributed by atoms with Crippen molar-refractivity contribution in [1.82, 2.24) is 20.2 Å². The van der Waals surface area contributed by atoms with Gasteiger partial charge >= 0.3 is 0 Å².